The Balaban J connectivity index is 1.93. The van der Waals surface area contributed by atoms with Crippen LogP contribution < -0.4 is 0 Å². The van der Waals surface area contributed by atoms with Gasteiger partial charge < -0.3 is 4.57 Å². The zero-order valence-electron chi connectivity index (χ0n) is 12.3. The Hall–Kier alpha value is -0.830. The molecule has 0 N–H and O–H groups in total. The molecule has 2 heterocycles. The number of likely N-dealkylation sites (tertiary alicyclic amines) is 1. The monoisotopic (exact) mass is 249 g/mol. The summed E-state index contributed by atoms with van der Waals surface area (Å²) in [5.41, 5.74) is 1.51. The molecule has 0 radical (unpaired) electrons. The van der Waals surface area contributed by atoms with Gasteiger partial charge in [-0.25, -0.2) is 4.98 Å². The average Bonchev–Trinajstić information content (AvgIpc) is 2.76. The quantitative estimate of drug-likeness (QED) is 0.821. The first-order valence-electron chi connectivity index (χ1n) is 7.24. The van der Waals surface area contributed by atoms with Crippen LogP contribution in [0.2, 0.25) is 0 Å². The van der Waals surface area contributed by atoms with Gasteiger partial charge in [-0.2, -0.15) is 0 Å². The zero-order valence-corrected chi connectivity index (χ0v) is 12.3. The largest absolute Gasteiger partial charge is 0.337 e. The molecule has 0 bridgehead atoms. The highest BCUT2D eigenvalue weighted by molar-refractivity contribution is 4.96. The van der Waals surface area contributed by atoms with Crippen LogP contribution in [0, 0.1) is 5.92 Å². The van der Waals surface area contributed by atoms with Gasteiger partial charge >= 0.3 is 0 Å². The van der Waals surface area contributed by atoms with Gasteiger partial charge in [0.05, 0.1) is 12.0 Å². The minimum Gasteiger partial charge on any atom is -0.337 e. The molecule has 18 heavy (non-hydrogen) atoms. The Kier molecular flexibility index (Phi) is 4.10. The third-order valence-electron chi connectivity index (χ3n) is 3.99. The second-order valence-electron chi connectivity index (χ2n) is 6.54. The molecule has 0 aromatic carbocycles. The third-order valence-corrected chi connectivity index (χ3v) is 3.99. The first-order valence-corrected chi connectivity index (χ1v) is 7.24. The number of aromatic nitrogens is 2. The average molecular weight is 249 g/mol. The Labute approximate surface area is 111 Å². The van der Waals surface area contributed by atoms with E-state index in [-0.39, 0.29) is 0 Å². The van der Waals surface area contributed by atoms with Gasteiger partial charge in [0.15, 0.2) is 0 Å². The summed E-state index contributed by atoms with van der Waals surface area (Å²) in [5.74, 6) is 0.775. The molecule has 1 aliphatic heterocycles. The molecule has 1 aromatic heterocycles. The number of imidazole rings is 1. The van der Waals surface area contributed by atoms with E-state index in [2.05, 4.69) is 48.3 Å². The zero-order chi connectivity index (χ0) is 13.2. The molecular formula is C15H27N3. The summed E-state index contributed by atoms with van der Waals surface area (Å²) < 4.78 is 2.27. The summed E-state index contributed by atoms with van der Waals surface area (Å²) in [5, 5.41) is 0. The lowest BCUT2D eigenvalue weighted by molar-refractivity contribution is 0.0734. The molecule has 0 aliphatic carbocycles. The van der Waals surface area contributed by atoms with E-state index < -0.39 is 0 Å². The molecule has 2 rings (SSSR count). The molecule has 102 valence electrons. The van der Waals surface area contributed by atoms with Crippen molar-refractivity contribution in [3.8, 4) is 0 Å². The number of hydrogen-bond acceptors (Lipinski definition) is 2. The molecule has 1 aliphatic rings. The molecule has 0 spiro atoms. The van der Waals surface area contributed by atoms with Crippen molar-refractivity contribution in [2.45, 2.75) is 59.0 Å². The molecule has 1 fully saturated rings. The summed E-state index contributed by atoms with van der Waals surface area (Å²) in [6, 6.07) is 0. The number of aryl methyl sites for hydroxylation is 1. The normalized spacial score (nSPS) is 22.3. The van der Waals surface area contributed by atoms with Gasteiger partial charge in [0, 0.05) is 24.8 Å². The van der Waals surface area contributed by atoms with Crippen molar-refractivity contribution in [3.63, 3.8) is 0 Å². The van der Waals surface area contributed by atoms with E-state index in [1.165, 1.54) is 31.6 Å². The van der Waals surface area contributed by atoms with E-state index in [0.29, 0.717) is 5.54 Å². The topological polar surface area (TPSA) is 21.1 Å². The minimum absolute atomic E-state index is 0.308. The summed E-state index contributed by atoms with van der Waals surface area (Å²) in [6.45, 7) is 12.7. The molecule has 3 heteroatoms. The minimum atomic E-state index is 0.308. The Morgan fingerprint density at radius 3 is 2.78 bits per heavy atom. The molecule has 3 nitrogen and oxygen atoms in total. The van der Waals surface area contributed by atoms with Gasteiger partial charge in [0.25, 0.3) is 0 Å². The van der Waals surface area contributed by atoms with Crippen LogP contribution in [0.1, 0.15) is 46.2 Å². The van der Waals surface area contributed by atoms with Crippen LogP contribution in [0.15, 0.2) is 12.5 Å². The van der Waals surface area contributed by atoms with Crippen molar-refractivity contribution in [2.75, 3.05) is 13.1 Å². The van der Waals surface area contributed by atoms with Crippen LogP contribution in [0.5, 0.6) is 0 Å². The van der Waals surface area contributed by atoms with Gasteiger partial charge in [-0.3, -0.25) is 4.90 Å². The Morgan fingerprint density at radius 1 is 1.39 bits per heavy atom. The molecule has 0 amide bonds. The van der Waals surface area contributed by atoms with E-state index in [1.54, 1.807) is 0 Å². The maximum atomic E-state index is 4.42. The molecule has 1 aromatic rings. The number of nitrogens with zero attached hydrogens (tertiary/aromatic N) is 3. The predicted molar refractivity (Wildman–Crippen MR) is 75.7 cm³/mol. The fourth-order valence-electron chi connectivity index (χ4n) is 2.81. The van der Waals surface area contributed by atoms with Gasteiger partial charge in [0.2, 0.25) is 0 Å². The molecule has 0 unspecified atom stereocenters. The van der Waals surface area contributed by atoms with E-state index in [1.807, 2.05) is 6.33 Å². The van der Waals surface area contributed by atoms with Crippen LogP contribution >= 0.6 is 0 Å². The highest BCUT2D eigenvalue weighted by Gasteiger charge is 2.27. The molecular weight excluding hydrogens is 222 g/mol. The lowest BCUT2D eigenvalue weighted by Crippen LogP contribution is -2.47. The summed E-state index contributed by atoms with van der Waals surface area (Å²) in [4.78, 5) is 7.04. The van der Waals surface area contributed by atoms with Crippen molar-refractivity contribution in [3.05, 3.63) is 18.2 Å². The standard InChI is InChI=1S/C15H27N3/c1-5-14-11-17(12-16-14)9-13-7-6-8-18(10-13)15(2,3)4/h11-13H,5-10H2,1-4H3/t13-/m1/s1. The van der Waals surface area contributed by atoms with Gasteiger partial charge in [-0.1, -0.05) is 6.92 Å². The number of rotatable bonds is 3. The van der Waals surface area contributed by atoms with Crippen molar-refractivity contribution in [1.82, 2.24) is 14.5 Å². The van der Waals surface area contributed by atoms with Crippen molar-refractivity contribution in [1.29, 1.82) is 0 Å². The lowest BCUT2D eigenvalue weighted by Gasteiger charge is -2.41. The highest BCUT2D eigenvalue weighted by atomic mass is 15.2. The van der Waals surface area contributed by atoms with Crippen LogP contribution in [-0.4, -0.2) is 33.1 Å². The SMILES string of the molecule is CCc1cn(C[C@H]2CCCN(C(C)(C)C)C2)cn1. The fraction of sp³-hybridized carbons (Fsp3) is 0.800. The first-order chi connectivity index (χ1) is 8.49. The van der Waals surface area contributed by atoms with E-state index in [0.717, 1.165) is 18.9 Å². The maximum absolute atomic E-state index is 4.42. The summed E-state index contributed by atoms with van der Waals surface area (Å²) in [7, 11) is 0. The predicted octanol–water partition coefficient (Wildman–Crippen LogP) is 2.96. The van der Waals surface area contributed by atoms with Crippen molar-refractivity contribution >= 4 is 0 Å². The van der Waals surface area contributed by atoms with Gasteiger partial charge in [-0.15, -0.1) is 0 Å². The van der Waals surface area contributed by atoms with Crippen LogP contribution in [0.25, 0.3) is 0 Å². The molecule has 0 saturated carbocycles. The number of piperidine rings is 1. The van der Waals surface area contributed by atoms with E-state index in [4.69, 9.17) is 0 Å². The van der Waals surface area contributed by atoms with Crippen LogP contribution in [0.3, 0.4) is 0 Å². The Bertz CT molecular complexity index is 375. The summed E-state index contributed by atoms with van der Waals surface area (Å²) >= 11 is 0. The summed E-state index contributed by atoms with van der Waals surface area (Å²) in [6.07, 6.45) is 7.92. The lowest BCUT2D eigenvalue weighted by atomic mass is 9.93. The van der Waals surface area contributed by atoms with Crippen LogP contribution in [0.4, 0.5) is 0 Å². The van der Waals surface area contributed by atoms with Gasteiger partial charge in [-0.05, 0) is 52.5 Å². The number of hydrogen-bond donors (Lipinski definition) is 0. The molecule has 1 saturated heterocycles. The van der Waals surface area contributed by atoms with E-state index in [9.17, 15) is 0 Å². The van der Waals surface area contributed by atoms with E-state index >= 15 is 0 Å². The second kappa shape index (κ2) is 5.43. The molecule has 1 atom stereocenters. The highest BCUT2D eigenvalue weighted by Crippen LogP contribution is 2.24. The third kappa shape index (κ3) is 3.35. The Morgan fingerprint density at radius 2 is 2.17 bits per heavy atom. The maximum Gasteiger partial charge on any atom is 0.0949 e. The van der Waals surface area contributed by atoms with Crippen molar-refractivity contribution in [2.24, 2.45) is 5.92 Å². The fourth-order valence-corrected chi connectivity index (χ4v) is 2.81. The smallest absolute Gasteiger partial charge is 0.0949 e. The van der Waals surface area contributed by atoms with Crippen LogP contribution in [-0.2, 0) is 13.0 Å². The van der Waals surface area contributed by atoms with Crippen molar-refractivity contribution < 1.29 is 0 Å². The van der Waals surface area contributed by atoms with Gasteiger partial charge in [0.1, 0.15) is 0 Å². The first kappa shape index (κ1) is 13.6. The second-order valence-corrected chi connectivity index (χ2v) is 6.54.